The van der Waals surface area contributed by atoms with Crippen molar-refractivity contribution in [1.29, 1.82) is 0 Å². The van der Waals surface area contributed by atoms with Gasteiger partial charge in [0.05, 0.1) is 11.1 Å². The molecule has 0 spiro atoms. The van der Waals surface area contributed by atoms with Crippen LogP contribution < -0.4 is 0 Å². The summed E-state index contributed by atoms with van der Waals surface area (Å²) in [5.74, 6) is -3.08. The number of hydrogen-bond acceptors (Lipinski definition) is 3. The fourth-order valence-corrected chi connectivity index (χ4v) is 2.23. The first-order valence-electron chi connectivity index (χ1n) is 5.89. The molecule has 0 bridgehead atoms. The Labute approximate surface area is 133 Å². The van der Waals surface area contributed by atoms with E-state index in [1.165, 1.54) is 0 Å². The molecule has 0 aliphatic carbocycles. The van der Waals surface area contributed by atoms with E-state index in [1.54, 1.807) is 24.3 Å². The second kappa shape index (κ2) is 6.75. The van der Waals surface area contributed by atoms with Gasteiger partial charge in [0.2, 0.25) is 5.78 Å². The molecule has 0 aliphatic rings. The van der Waals surface area contributed by atoms with Crippen LogP contribution in [0.2, 0.25) is 0 Å². The van der Waals surface area contributed by atoms with E-state index in [9.17, 15) is 18.4 Å². The lowest BCUT2D eigenvalue weighted by Gasteiger charge is -2.06. The number of rotatable bonds is 4. The molecular formula is C15H9F2IO3. The van der Waals surface area contributed by atoms with E-state index in [-0.39, 0.29) is 0 Å². The number of Topliss-reactive ketones (excluding diaryl/α,β-unsaturated/α-hetero) is 1. The van der Waals surface area contributed by atoms with Gasteiger partial charge in [-0.25, -0.2) is 13.6 Å². The Hall–Kier alpha value is -1.83. The fraction of sp³-hybridized carbons (Fsp3) is 0.0667. The normalized spacial score (nSPS) is 10.2. The Morgan fingerprint density at radius 3 is 2.48 bits per heavy atom. The van der Waals surface area contributed by atoms with Gasteiger partial charge < -0.3 is 4.74 Å². The number of benzene rings is 2. The summed E-state index contributed by atoms with van der Waals surface area (Å²) in [7, 11) is 0. The quantitative estimate of drug-likeness (QED) is 0.446. The summed E-state index contributed by atoms with van der Waals surface area (Å²) in [6.45, 7) is -0.649. The highest BCUT2D eigenvalue weighted by molar-refractivity contribution is 14.1. The fourth-order valence-electron chi connectivity index (χ4n) is 1.62. The Kier molecular flexibility index (Phi) is 5.00. The van der Waals surface area contributed by atoms with E-state index in [0.29, 0.717) is 9.13 Å². The Balaban J connectivity index is 2.06. The highest BCUT2D eigenvalue weighted by Gasteiger charge is 2.17. The maximum absolute atomic E-state index is 13.4. The van der Waals surface area contributed by atoms with E-state index >= 15 is 0 Å². The minimum atomic E-state index is -0.855. The standard InChI is InChI=1S/C15H9F2IO3/c16-9-5-6-12(17)11(7-9)14(19)8-21-15(20)10-3-1-2-4-13(10)18/h1-7H,8H2. The molecule has 0 aromatic heterocycles. The van der Waals surface area contributed by atoms with Gasteiger partial charge in [-0.05, 0) is 52.9 Å². The lowest BCUT2D eigenvalue weighted by molar-refractivity contribution is 0.0472. The molecule has 0 amide bonds. The van der Waals surface area contributed by atoms with Crippen LogP contribution in [0.3, 0.4) is 0 Å². The van der Waals surface area contributed by atoms with Crippen molar-refractivity contribution in [3.8, 4) is 0 Å². The first kappa shape index (κ1) is 15.6. The van der Waals surface area contributed by atoms with Gasteiger partial charge in [0.1, 0.15) is 11.6 Å². The van der Waals surface area contributed by atoms with Crippen LogP contribution in [0.5, 0.6) is 0 Å². The molecule has 21 heavy (non-hydrogen) atoms. The molecule has 0 saturated heterocycles. The summed E-state index contributed by atoms with van der Waals surface area (Å²) < 4.78 is 31.9. The molecule has 0 heterocycles. The second-order valence-corrected chi connectivity index (χ2v) is 5.27. The van der Waals surface area contributed by atoms with E-state index in [4.69, 9.17) is 4.74 Å². The Morgan fingerprint density at radius 1 is 1.05 bits per heavy atom. The molecule has 6 heteroatoms. The van der Waals surface area contributed by atoms with E-state index in [0.717, 1.165) is 18.2 Å². The van der Waals surface area contributed by atoms with Crippen molar-refractivity contribution in [2.24, 2.45) is 0 Å². The van der Waals surface area contributed by atoms with Gasteiger partial charge in [0.25, 0.3) is 0 Å². The zero-order chi connectivity index (χ0) is 15.4. The van der Waals surface area contributed by atoms with Gasteiger partial charge in [-0.3, -0.25) is 4.79 Å². The summed E-state index contributed by atoms with van der Waals surface area (Å²) in [5.41, 5.74) is -0.129. The number of ketones is 1. The van der Waals surface area contributed by atoms with Gasteiger partial charge >= 0.3 is 5.97 Å². The molecule has 2 aromatic rings. The van der Waals surface area contributed by atoms with Gasteiger partial charge in [-0.1, -0.05) is 12.1 Å². The van der Waals surface area contributed by atoms with Crippen molar-refractivity contribution < 1.29 is 23.1 Å². The number of hydrogen-bond donors (Lipinski definition) is 0. The number of esters is 1. The summed E-state index contributed by atoms with van der Waals surface area (Å²) >= 11 is 1.96. The molecule has 0 N–H and O–H groups in total. The molecular weight excluding hydrogens is 393 g/mol. The zero-order valence-corrected chi connectivity index (χ0v) is 12.8. The third kappa shape index (κ3) is 3.84. The number of halogens is 3. The van der Waals surface area contributed by atoms with Gasteiger partial charge in [0.15, 0.2) is 6.61 Å². The molecule has 2 rings (SSSR count). The first-order chi connectivity index (χ1) is 9.99. The van der Waals surface area contributed by atoms with Crippen LogP contribution in [0.25, 0.3) is 0 Å². The van der Waals surface area contributed by atoms with E-state index < -0.39 is 35.6 Å². The minimum Gasteiger partial charge on any atom is -0.454 e. The summed E-state index contributed by atoms with van der Waals surface area (Å²) in [4.78, 5) is 23.6. The van der Waals surface area contributed by atoms with E-state index in [2.05, 4.69) is 0 Å². The number of carbonyl (C=O) groups is 2. The van der Waals surface area contributed by atoms with Crippen molar-refractivity contribution in [1.82, 2.24) is 0 Å². The van der Waals surface area contributed by atoms with Gasteiger partial charge in [0, 0.05) is 3.57 Å². The van der Waals surface area contributed by atoms with Crippen LogP contribution >= 0.6 is 22.6 Å². The molecule has 0 unspecified atom stereocenters. The maximum atomic E-state index is 13.4. The maximum Gasteiger partial charge on any atom is 0.339 e. The first-order valence-corrected chi connectivity index (χ1v) is 6.97. The highest BCUT2D eigenvalue weighted by atomic mass is 127. The molecule has 0 saturated carbocycles. The molecule has 0 aliphatic heterocycles. The monoisotopic (exact) mass is 402 g/mol. The summed E-state index contributed by atoms with van der Waals surface area (Å²) in [6, 6.07) is 9.22. The average molecular weight is 402 g/mol. The summed E-state index contributed by atoms with van der Waals surface area (Å²) in [5, 5.41) is 0. The topological polar surface area (TPSA) is 43.4 Å². The molecule has 0 atom stereocenters. The average Bonchev–Trinajstić information content (AvgIpc) is 2.47. The molecule has 2 aromatic carbocycles. The molecule has 108 valence electrons. The predicted octanol–water partition coefficient (Wildman–Crippen LogP) is 3.61. The van der Waals surface area contributed by atoms with Crippen LogP contribution in [0.4, 0.5) is 8.78 Å². The highest BCUT2D eigenvalue weighted by Crippen LogP contribution is 2.14. The van der Waals surface area contributed by atoms with Crippen molar-refractivity contribution in [2.45, 2.75) is 0 Å². The van der Waals surface area contributed by atoms with Crippen molar-refractivity contribution >= 4 is 34.3 Å². The predicted molar refractivity (Wildman–Crippen MR) is 80.1 cm³/mol. The third-order valence-electron chi connectivity index (χ3n) is 2.66. The van der Waals surface area contributed by atoms with Crippen LogP contribution in [0.15, 0.2) is 42.5 Å². The Morgan fingerprint density at radius 2 is 1.76 bits per heavy atom. The van der Waals surface area contributed by atoms with E-state index in [1.807, 2.05) is 22.6 Å². The summed E-state index contributed by atoms with van der Waals surface area (Å²) in [6.07, 6.45) is 0. The SMILES string of the molecule is O=C(COC(=O)c1ccccc1I)c1cc(F)ccc1F. The van der Waals surface area contributed by atoms with Gasteiger partial charge in [-0.15, -0.1) is 0 Å². The molecule has 0 radical (unpaired) electrons. The number of carbonyl (C=O) groups excluding carboxylic acids is 2. The lowest BCUT2D eigenvalue weighted by Crippen LogP contribution is -2.16. The lowest BCUT2D eigenvalue weighted by atomic mass is 10.1. The minimum absolute atomic E-state index is 0.311. The van der Waals surface area contributed by atoms with Crippen molar-refractivity contribution in [2.75, 3.05) is 6.61 Å². The molecule has 3 nitrogen and oxygen atoms in total. The third-order valence-corrected chi connectivity index (χ3v) is 3.60. The smallest absolute Gasteiger partial charge is 0.339 e. The zero-order valence-electron chi connectivity index (χ0n) is 10.6. The van der Waals surface area contributed by atoms with Crippen molar-refractivity contribution in [3.05, 3.63) is 68.8 Å². The van der Waals surface area contributed by atoms with Gasteiger partial charge in [-0.2, -0.15) is 0 Å². The van der Waals surface area contributed by atoms with Crippen LogP contribution in [-0.2, 0) is 4.74 Å². The number of ether oxygens (including phenoxy) is 1. The Bertz CT molecular complexity index is 701. The van der Waals surface area contributed by atoms with Crippen LogP contribution in [-0.4, -0.2) is 18.4 Å². The van der Waals surface area contributed by atoms with Crippen LogP contribution in [0, 0.1) is 15.2 Å². The molecule has 0 fully saturated rings. The van der Waals surface area contributed by atoms with Crippen LogP contribution in [0.1, 0.15) is 20.7 Å². The van der Waals surface area contributed by atoms with Crippen molar-refractivity contribution in [3.63, 3.8) is 0 Å². The second-order valence-electron chi connectivity index (χ2n) is 4.10. The largest absolute Gasteiger partial charge is 0.454 e.